The van der Waals surface area contributed by atoms with Crippen molar-refractivity contribution >= 4 is 27.2 Å². The number of methoxy groups -OCH3 is 1. The van der Waals surface area contributed by atoms with Crippen LogP contribution in [0.3, 0.4) is 0 Å². The van der Waals surface area contributed by atoms with Crippen molar-refractivity contribution in [1.82, 2.24) is 4.98 Å². The molecule has 2 aromatic carbocycles. The van der Waals surface area contributed by atoms with E-state index in [0.717, 1.165) is 21.0 Å². The molecule has 0 unspecified atom stereocenters. The molecular formula is C15H14N2O2S. The quantitative estimate of drug-likeness (QED) is 0.740. The summed E-state index contributed by atoms with van der Waals surface area (Å²) in [6.45, 7) is 1.98. The minimum Gasteiger partial charge on any atom is -0.497 e. The Morgan fingerprint density at radius 2 is 1.95 bits per heavy atom. The number of hydrogen-bond donors (Lipinski definition) is 1. The largest absolute Gasteiger partial charge is 0.497 e. The Kier molecular flexibility index (Phi) is 3.20. The molecule has 2 N–H and O–H groups in total. The maximum Gasteiger partial charge on any atom is 0.152 e. The van der Waals surface area contributed by atoms with Crippen LogP contribution in [0.25, 0.3) is 10.2 Å². The van der Waals surface area contributed by atoms with Gasteiger partial charge in [-0.1, -0.05) is 6.07 Å². The minimum absolute atomic E-state index is 0.601. The smallest absolute Gasteiger partial charge is 0.152 e. The molecule has 20 heavy (non-hydrogen) atoms. The zero-order chi connectivity index (χ0) is 14.1. The van der Waals surface area contributed by atoms with Gasteiger partial charge in [-0.25, -0.2) is 4.98 Å². The SMILES string of the molecule is COc1cccc(Oc2cc3nc(C)sc3cc2N)c1. The number of rotatable bonds is 3. The summed E-state index contributed by atoms with van der Waals surface area (Å²) in [6, 6.07) is 11.2. The Hall–Kier alpha value is -2.27. The van der Waals surface area contributed by atoms with Gasteiger partial charge in [0.05, 0.1) is 28.0 Å². The number of ether oxygens (including phenoxy) is 2. The molecule has 0 saturated carbocycles. The van der Waals surface area contributed by atoms with Gasteiger partial charge in [0, 0.05) is 12.1 Å². The van der Waals surface area contributed by atoms with Crippen LogP contribution in [0.5, 0.6) is 17.2 Å². The fraction of sp³-hybridized carbons (Fsp3) is 0.133. The third-order valence-electron chi connectivity index (χ3n) is 2.90. The van der Waals surface area contributed by atoms with E-state index >= 15 is 0 Å². The van der Waals surface area contributed by atoms with Crippen LogP contribution in [0.4, 0.5) is 5.69 Å². The normalized spacial score (nSPS) is 10.7. The van der Waals surface area contributed by atoms with Crippen molar-refractivity contribution < 1.29 is 9.47 Å². The number of nitrogens with two attached hydrogens (primary N) is 1. The number of benzene rings is 2. The molecule has 0 amide bonds. The summed E-state index contributed by atoms with van der Waals surface area (Å²) >= 11 is 1.62. The molecule has 0 spiro atoms. The fourth-order valence-electron chi connectivity index (χ4n) is 1.97. The third-order valence-corrected chi connectivity index (χ3v) is 3.83. The number of aromatic nitrogens is 1. The first-order valence-electron chi connectivity index (χ1n) is 6.14. The molecular weight excluding hydrogens is 272 g/mol. The van der Waals surface area contributed by atoms with Crippen molar-refractivity contribution in [3.63, 3.8) is 0 Å². The van der Waals surface area contributed by atoms with E-state index in [-0.39, 0.29) is 0 Å². The van der Waals surface area contributed by atoms with E-state index in [1.807, 2.05) is 43.3 Å². The predicted octanol–water partition coefficient (Wildman–Crippen LogP) is 3.99. The second-order valence-corrected chi connectivity index (χ2v) is 5.61. The van der Waals surface area contributed by atoms with Crippen molar-refractivity contribution in [1.29, 1.82) is 0 Å². The average Bonchev–Trinajstić information content (AvgIpc) is 2.78. The molecule has 5 heteroatoms. The van der Waals surface area contributed by atoms with E-state index in [0.29, 0.717) is 17.2 Å². The molecule has 4 nitrogen and oxygen atoms in total. The van der Waals surface area contributed by atoms with Gasteiger partial charge in [-0.2, -0.15) is 0 Å². The fourth-order valence-corrected chi connectivity index (χ4v) is 2.82. The van der Waals surface area contributed by atoms with Crippen LogP contribution in [0.15, 0.2) is 36.4 Å². The average molecular weight is 286 g/mol. The van der Waals surface area contributed by atoms with Gasteiger partial charge in [0.25, 0.3) is 0 Å². The highest BCUT2D eigenvalue weighted by atomic mass is 32.1. The highest BCUT2D eigenvalue weighted by Crippen LogP contribution is 2.34. The van der Waals surface area contributed by atoms with Gasteiger partial charge in [0.15, 0.2) is 5.75 Å². The molecule has 3 rings (SSSR count). The molecule has 1 heterocycles. The van der Waals surface area contributed by atoms with E-state index in [9.17, 15) is 0 Å². The topological polar surface area (TPSA) is 57.4 Å². The van der Waals surface area contributed by atoms with Crippen LogP contribution in [0.2, 0.25) is 0 Å². The van der Waals surface area contributed by atoms with Crippen LogP contribution in [-0.2, 0) is 0 Å². The van der Waals surface area contributed by atoms with E-state index in [4.69, 9.17) is 15.2 Å². The Morgan fingerprint density at radius 3 is 2.75 bits per heavy atom. The summed E-state index contributed by atoms with van der Waals surface area (Å²) in [4.78, 5) is 4.45. The monoisotopic (exact) mass is 286 g/mol. The maximum absolute atomic E-state index is 6.04. The van der Waals surface area contributed by atoms with Crippen LogP contribution >= 0.6 is 11.3 Å². The first kappa shape index (κ1) is 12.7. The minimum atomic E-state index is 0.601. The van der Waals surface area contributed by atoms with Gasteiger partial charge in [0.1, 0.15) is 11.5 Å². The van der Waals surface area contributed by atoms with Crippen LogP contribution in [-0.4, -0.2) is 12.1 Å². The first-order valence-corrected chi connectivity index (χ1v) is 6.96. The third kappa shape index (κ3) is 2.40. The second-order valence-electron chi connectivity index (χ2n) is 4.37. The Balaban J connectivity index is 1.98. The number of hydrogen-bond acceptors (Lipinski definition) is 5. The zero-order valence-electron chi connectivity index (χ0n) is 11.2. The summed E-state index contributed by atoms with van der Waals surface area (Å²) in [5, 5.41) is 1.01. The van der Waals surface area contributed by atoms with Gasteiger partial charge in [0.2, 0.25) is 0 Å². The number of nitrogens with zero attached hydrogens (tertiary/aromatic N) is 1. The number of anilines is 1. The summed E-state index contributed by atoms with van der Waals surface area (Å²) in [5.41, 5.74) is 7.54. The van der Waals surface area contributed by atoms with Crippen LogP contribution in [0, 0.1) is 6.92 Å². The van der Waals surface area contributed by atoms with Crippen molar-refractivity contribution in [3.05, 3.63) is 41.4 Å². The summed E-state index contributed by atoms with van der Waals surface area (Å²) in [6.07, 6.45) is 0. The molecule has 0 aliphatic rings. The van der Waals surface area contributed by atoms with Crippen molar-refractivity contribution in [2.45, 2.75) is 6.92 Å². The first-order chi connectivity index (χ1) is 9.65. The lowest BCUT2D eigenvalue weighted by atomic mass is 10.2. The van der Waals surface area contributed by atoms with Crippen molar-refractivity contribution in [2.75, 3.05) is 12.8 Å². The van der Waals surface area contributed by atoms with Crippen molar-refractivity contribution in [3.8, 4) is 17.2 Å². The van der Waals surface area contributed by atoms with Gasteiger partial charge >= 0.3 is 0 Å². The standard InChI is InChI=1S/C15H14N2O2S/c1-9-17-13-8-14(12(16)7-15(13)20-9)19-11-5-3-4-10(6-11)18-2/h3-8H,16H2,1-2H3. The van der Waals surface area contributed by atoms with Gasteiger partial charge in [-0.15, -0.1) is 11.3 Å². The predicted molar refractivity (Wildman–Crippen MR) is 81.8 cm³/mol. The molecule has 1 aromatic heterocycles. The Morgan fingerprint density at radius 1 is 1.15 bits per heavy atom. The van der Waals surface area contributed by atoms with Gasteiger partial charge < -0.3 is 15.2 Å². The van der Waals surface area contributed by atoms with E-state index in [1.165, 1.54) is 0 Å². The molecule has 3 aromatic rings. The van der Waals surface area contributed by atoms with E-state index in [2.05, 4.69) is 4.98 Å². The highest BCUT2D eigenvalue weighted by Gasteiger charge is 2.08. The molecule has 102 valence electrons. The van der Waals surface area contributed by atoms with E-state index in [1.54, 1.807) is 18.4 Å². The molecule has 0 atom stereocenters. The molecule has 0 fully saturated rings. The molecule has 0 bridgehead atoms. The van der Waals surface area contributed by atoms with Gasteiger partial charge in [-0.3, -0.25) is 0 Å². The maximum atomic E-state index is 6.04. The number of thiazole rings is 1. The number of aryl methyl sites for hydroxylation is 1. The lowest BCUT2D eigenvalue weighted by Crippen LogP contribution is -1.92. The second kappa shape index (κ2) is 5.02. The molecule has 0 saturated heterocycles. The van der Waals surface area contributed by atoms with Crippen molar-refractivity contribution in [2.24, 2.45) is 0 Å². The Bertz CT molecular complexity index is 768. The summed E-state index contributed by atoms with van der Waals surface area (Å²) < 4.78 is 12.1. The highest BCUT2D eigenvalue weighted by molar-refractivity contribution is 7.18. The molecule has 0 aliphatic heterocycles. The van der Waals surface area contributed by atoms with Crippen LogP contribution in [0.1, 0.15) is 5.01 Å². The van der Waals surface area contributed by atoms with Gasteiger partial charge in [-0.05, 0) is 25.1 Å². The Labute approximate surface area is 120 Å². The summed E-state index contributed by atoms with van der Waals surface area (Å²) in [7, 11) is 1.62. The lowest BCUT2D eigenvalue weighted by molar-refractivity contribution is 0.409. The van der Waals surface area contributed by atoms with Crippen LogP contribution < -0.4 is 15.2 Å². The number of fused-ring (bicyclic) bond motifs is 1. The molecule has 0 radical (unpaired) electrons. The number of nitrogen functional groups attached to an aromatic ring is 1. The summed E-state index contributed by atoms with van der Waals surface area (Å²) in [5.74, 6) is 2.03. The lowest BCUT2D eigenvalue weighted by Gasteiger charge is -2.09. The molecule has 0 aliphatic carbocycles. The van der Waals surface area contributed by atoms with E-state index < -0.39 is 0 Å². The zero-order valence-corrected chi connectivity index (χ0v) is 12.0.